The molecule has 2 aliphatic heterocycles. The maximum Gasteiger partial charge on any atom is 0.326 e. The lowest BCUT2D eigenvalue weighted by atomic mass is 10.1. The molecule has 2 fully saturated rings. The Labute approximate surface area is 170 Å². The molecule has 0 bridgehead atoms. The van der Waals surface area contributed by atoms with Gasteiger partial charge in [0.15, 0.2) is 0 Å². The average molecular weight is 421 g/mol. The maximum absolute atomic E-state index is 12.4. The molecular formula is C18H19N3O7S. The van der Waals surface area contributed by atoms with Crippen molar-refractivity contribution < 1.29 is 28.8 Å². The van der Waals surface area contributed by atoms with Gasteiger partial charge in [0.2, 0.25) is 0 Å². The lowest BCUT2D eigenvalue weighted by Crippen LogP contribution is -2.36. The number of amides is 2. The molecule has 0 N–H and O–H groups in total. The summed E-state index contributed by atoms with van der Waals surface area (Å²) in [6.07, 6.45) is 1.41. The molecule has 2 aliphatic rings. The lowest BCUT2D eigenvalue weighted by molar-refractivity contribution is -0.384. The summed E-state index contributed by atoms with van der Waals surface area (Å²) in [5.74, 6) is -1.31. The van der Waals surface area contributed by atoms with Crippen LogP contribution in [-0.4, -0.2) is 66.4 Å². The predicted molar refractivity (Wildman–Crippen MR) is 105 cm³/mol. The van der Waals surface area contributed by atoms with Crippen molar-refractivity contribution >= 4 is 46.3 Å². The molecule has 3 rings (SSSR count). The van der Waals surface area contributed by atoms with E-state index in [0.29, 0.717) is 49.3 Å². The van der Waals surface area contributed by atoms with Crippen LogP contribution in [0.5, 0.6) is 0 Å². The van der Waals surface area contributed by atoms with Gasteiger partial charge in [0, 0.05) is 19.2 Å². The van der Waals surface area contributed by atoms with Crippen LogP contribution in [0.25, 0.3) is 6.08 Å². The Bertz CT molecular complexity index is 880. The second-order valence-corrected chi connectivity index (χ2v) is 7.17. The fraction of sp³-hybridized carbons (Fsp3) is 0.389. The van der Waals surface area contributed by atoms with E-state index in [-0.39, 0.29) is 17.2 Å². The van der Waals surface area contributed by atoms with Crippen molar-refractivity contribution in [3.8, 4) is 0 Å². The van der Waals surface area contributed by atoms with Gasteiger partial charge in [-0.25, -0.2) is 0 Å². The van der Waals surface area contributed by atoms with Crippen LogP contribution in [0.1, 0.15) is 12.5 Å². The zero-order valence-electron chi connectivity index (χ0n) is 15.7. The van der Waals surface area contributed by atoms with Gasteiger partial charge < -0.3 is 14.4 Å². The SMILES string of the molecule is CCOC(=O)CN1C(=O)SC(=Cc2ccc(N3CCOCC3)c([N+](=O)[O-])c2)C1=O. The third-order valence-electron chi connectivity index (χ3n) is 4.31. The van der Waals surface area contributed by atoms with Gasteiger partial charge in [-0.15, -0.1) is 0 Å². The topological polar surface area (TPSA) is 119 Å². The predicted octanol–water partition coefficient (Wildman–Crippen LogP) is 2.03. The first-order chi connectivity index (χ1) is 13.9. The summed E-state index contributed by atoms with van der Waals surface area (Å²) in [6.45, 7) is 3.38. The summed E-state index contributed by atoms with van der Waals surface area (Å²) < 4.78 is 10.0. The van der Waals surface area contributed by atoms with Crippen molar-refractivity contribution in [2.45, 2.75) is 6.92 Å². The Morgan fingerprint density at radius 2 is 2.07 bits per heavy atom. The molecule has 1 aromatic rings. The van der Waals surface area contributed by atoms with Crippen molar-refractivity contribution in [1.29, 1.82) is 0 Å². The number of nitro benzene ring substituents is 1. The molecule has 10 nitrogen and oxygen atoms in total. The van der Waals surface area contributed by atoms with Crippen molar-refractivity contribution in [2.75, 3.05) is 44.4 Å². The van der Waals surface area contributed by atoms with Crippen LogP contribution in [0, 0.1) is 10.1 Å². The van der Waals surface area contributed by atoms with Crippen molar-refractivity contribution in [3.63, 3.8) is 0 Å². The number of nitro groups is 1. The lowest BCUT2D eigenvalue weighted by Gasteiger charge is -2.28. The van der Waals surface area contributed by atoms with E-state index in [2.05, 4.69) is 0 Å². The van der Waals surface area contributed by atoms with Crippen molar-refractivity contribution in [1.82, 2.24) is 4.90 Å². The molecule has 29 heavy (non-hydrogen) atoms. The van der Waals surface area contributed by atoms with Crippen LogP contribution in [0.3, 0.4) is 0 Å². The van der Waals surface area contributed by atoms with Gasteiger partial charge >= 0.3 is 5.97 Å². The molecular weight excluding hydrogens is 402 g/mol. The van der Waals surface area contributed by atoms with Crippen LogP contribution < -0.4 is 4.90 Å². The Morgan fingerprint density at radius 1 is 1.34 bits per heavy atom. The van der Waals surface area contributed by atoms with Crippen molar-refractivity contribution in [2.24, 2.45) is 0 Å². The summed E-state index contributed by atoms with van der Waals surface area (Å²) in [4.78, 5) is 49.9. The number of imide groups is 1. The molecule has 154 valence electrons. The molecule has 0 spiro atoms. The van der Waals surface area contributed by atoms with E-state index >= 15 is 0 Å². The fourth-order valence-electron chi connectivity index (χ4n) is 2.97. The average Bonchev–Trinajstić information content (AvgIpc) is 2.96. The minimum Gasteiger partial charge on any atom is -0.465 e. The van der Waals surface area contributed by atoms with E-state index in [1.165, 1.54) is 12.1 Å². The third-order valence-corrected chi connectivity index (χ3v) is 5.22. The summed E-state index contributed by atoms with van der Waals surface area (Å²) in [5, 5.41) is 11.0. The van der Waals surface area contributed by atoms with Crippen LogP contribution in [0.15, 0.2) is 23.1 Å². The number of thioether (sulfide) groups is 1. The number of hydrogen-bond acceptors (Lipinski definition) is 9. The fourth-order valence-corrected chi connectivity index (χ4v) is 3.81. The molecule has 2 amide bonds. The van der Waals surface area contributed by atoms with Crippen LogP contribution >= 0.6 is 11.8 Å². The van der Waals surface area contributed by atoms with E-state index in [0.717, 1.165) is 4.90 Å². The van der Waals surface area contributed by atoms with Gasteiger partial charge in [-0.2, -0.15) is 0 Å². The van der Waals surface area contributed by atoms with Crippen LogP contribution in [0.2, 0.25) is 0 Å². The molecule has 2 heterocycles. The van der Waals surface area contributed by atoms with Gasteiger partial charge in [0.05, 0.1) is 29.6 Å². The van der Waals surface area contributed by atoms with E-state index in [4.69, 9.17) is 9.47 Å². The summed E-state index contributed by atoms with van der Waals surface area (Å²) in [5.41, 5.74) is 0.799. The summed E-state index contributed by atoms with van der Waals surface area (Å²) >= 11 is 0.677. The number of carbonyl (C=O) groups excluding carboxylic acids is 3. The second kappa shape index (κ2) is 9.05. The molecule has 0 radical (unpaired) electrons. The first kappa shape index (κ1) is 20.8. The number of ether oxygens (including phenoxy) is 2. The van der Waals surface area contributed by atoms with E-state index in [1.807, 2.05) is 4.90 Å². The Hall–Kier alpha value is -2.92. The maximum atomic E-state index is 12.4. The molecule has 2 saturated heterocycles. The monoisotopic (exact) mass is 421 g/mol. The van der Waals surface area contributed by atoms with Gasteiger partial charge in [-0.05, 0) is 36.4 Å². The standard InChI is InChI=1S/C18H19N3O7S/c1-2-28-16(22)11-20-17(23)15(29-18(20)24)10-12-3-4-13(14(9-12)21(25)26)19-5-7-27-8-6-19/h3-4,9-10H,2,5-8,11H2,1H3. The second-order valence-electron chi connectivity index (χ2n) is 6.18. The molecule has 0 saturated carbocycles. The van der Waals surface area contributed by atoms with E-state index in [1.54, 1.807) is 19.1 Å². The first-order valence-corrected chi connectivity index (χ1v) is 9.74. The zero-order valence-corrected chi connectivity index (χ0v) is 16.5. The molecule has 1 aromatic carbocycles. The van der Waals surface area contributed by atoms with Gasteiger partial charge in [-0.3, -0.25) is 29.4 Å². The Balaban J connectivity index is 1.83. The van der Waals surface area contributed by atoms with Gasteiger partial charge in [0.1, 0.15) is 12.2 Å². The first-order valence-electron chi connectivity index (χ1n) is 8.93. The van der Waals surface area contributed by atoms with Gasteiger partial charge in [0.25, 0.3) is 16.8 Å². The highest BCUT2D eigenvalue weighted by Crippen LogP contribution is 2.35. The number of hydrogen-bond donors (Lipinski definition) is 0. The minimum absolute atomic E-state index is 0.0905. The van der Waals surface area contributed by atoms with Crippen LogP contribution in [-0.2, 0) is 19.1 Å². The van der Waals surface area contributed by atoms with E-state index < -0.39 is 28.6 Å². The molecule has 0 aliphatic carbocycles. The number of esters is 1. The number of morpholine rings is 1. The van der Waals surface area contributed by atoms with E-state index in [9.17, 15) is 24.5 Å². The molecule has 0 aromatic heterocycles. The number of rotatable bonds is 6. The Kier molecular flexibility index (Phi) is 6.49. The summed E-state index contributed by atoms with van der Waals surface area (Å²) in [6, 6.07) is 4.64. The molecule has 0 atom stereocenters. The van der Waals surface area contributed by atoms with Crippen LogP contribution in [0.4, 0.5) is 16.2 Å². The largest absolute Gasteiger partial charge is 0.465 e. The number of anilines is 1. The number of nitrogens with zero attached hydrogens (tertiary/aromatic N) is 3. The van der Waals surface area contributed by atoms with Crippen molar-refractivity contribution in [3.05, 3.63) is 38.8 Å². The normalized spacial score (nSPS) is 18.4. The highest BCUT2D eigenvalue weighted by atomic mass is 32.2. The molecule has 0 unspecified atom stereocenters. The molecule has 11 heteroatoms. The minimum atomic E-state index is -0.679. The number of carbonyl (C=O) groups is 3. The van der Waals surface area contributed by atoms with Gasteiger partial charge in [-0.1, -0.05) is 6.07 Å². The Morgan fingerprint density at radius 3 is 2.72 bits per heavy atom. The zero-order chi connectivity index (χ0) is 21.0. The highest BCUT2D eigenvalue weighted by molar-refractivity contribution is 8.18. The number of benzene rings is 1. The quantitative estimate of drug-likeness (QED) is 0.294. The smallest absolute Gasteiger partial charge is 0.326 e. The third kappa shape index (κ3) is 4.74. The summed E-state index contributed by atoms with van der Waals surface area (Å²) in [7, 11) is 0. The highest BCUT2D eigenvalue weighted by Gasteiger charge is 2.36.